The quantitative estimate of drug-likeness (QED) is 0.624. The Balaban J connectivity index is 1.92. The third-order valence-corrected chi connectivity index (χ3v) is 4.95. The summed E-state index contributed by atoms with van der Waals surface area (Å²) in [5.41, 5.74) is 1.07. The molecule has 0 bridgehead atoms. The first-order valence-corrected chi connectivity index (χ1v) is 7.58. The van der Waals surface area contributed by atoms with Gasteiger partial charge in [-0.15, -0.1) is 22.7 Å². The number of rotatable bonds is 2. The van der Waals surface area contributed by atoms with Gasteiger partial charge in [0.1, 0.15) is 5.01 Å². The molecule has 84 valence electrons. The van der Waals surface area contributed by atoms with Crippen LogP contribution >= 0.6 is 38.6 Å². The van der Waals surface area contributed by atoms with Gasteiger partial charge in [-0.1, -0.05) is 12.1 Å². The molecule has 0 amide bonds. The van der Waals surface area contributed by atoms with Crippen molar-refractivity contribution in [1.82, 2.24) is 4.98 Å². The van der Waals surface area contributed by atoms with E-state index in [1.807, 2.05) is 18.2 Å². The van der Waals surface area contributed by atoms with E-state index >= 15 is 0 Å². The summed E-state index contributed by atoms with van der Waals surface area (Å²) >= 11 is 6.89. The maximum atomic E-state index is 4.56. The summed E-state index contributed by atoms with van der Waals surface area (Å²) in [6.07, 6.45) is 4.18. The first kappa shape index (κ1) is 11.1. The Morgan fingerprint density at radius 2 is 2.06 bits per heavy atom. The lowest BCUT2D eigenvalue weighted by Crippen LogP contribution is -1.67. The van der Waals surface area contributed by atoms with Crippen LogP contribution < -0.4 is 0 Å². The summed E-state index contributed by atoms with van der Waals surface area (Å²) in [6.45, 7) is 0. The number of para-hydroxylation sites is 1. The average molecular weight is 322 g/mol. The van der Waals surface area contributed by atoms with Gasteiger partial charge in [0.2, 0.25) is 0 Å². The third kappa shape index (κ3) is 2.49. The van der Waals surface area contributed by atoms with Crippen LogP contribution in [-0.4, -0.2) is 4.98 Å². The van der Waals surface area contributed by atoms with Crippen LogP contribution in [0.3, 0.4) is 0 Å². The van der Waals surface area contributed by atoms with Crippen LogP contribution in [0.25, 0.3) is 22.4 Å². The zero-order valence-corrected chi connectivity index (χ0v) is 12.0. The molecule has 17 heavy (non-hydrogen) atoms. The van der Waals surface area contributed by atoms with Gasteiger partial charge >= 0.3 is 0 Å². The van der Waals surface area contributed by atoms with Crippen LogP contribution in [0.2, 0.25) is 0 Å². The van der Waals surface area contributed by atoms with Gasteiger partial charge in [0.05, 0.1) is 10.2 Å². The molecule has 1 aromatic carbocycles. The van der Waals surface area contributed by atoms with Gasteiger partial charge in [0, 0.05) is 14.7 Å². The molecule has 0 aliphatic rings. The fourth-order valence-electron chi connectivity index (χ4n) is 1.53. The van der Waals surface area contributed by atoms with Gasteiger partial charge in [-0.25, -0.2) is 4.98 Å². The maximum Gasteiger partial charge on any atom is 0.117 e. The predicted octanol–water partition coefficient (Wildman–Crippen LogP) is 5.29. The van der Waals surface area contributed by atoms with E-state index in [-0.39, 0.29) is 0 Å². The number of aromatic nitrogens is 1. The second kappa shape index (κ2) is 4.72. The summed E-state index contributed by atoms with van der Waals surface area (Å²) in [4.78, 5) is 5.79. The van der Waals surface area contributed by atoms with E-state index in [1.54, 1.807) is 22.7 Å². The molecule has 2 aromatic heterocycles. The number of fused-ring (bicyclic) bond motifs is 1. The summed E-state index contributed by atoms with van der Waals surface area (Å²) in [6, 6.07) is 10.3. The average Bonchev–Trinajstić information content (AvgIpc) is 2.91. The largest absolute Gasteiger partial charge is 0.237 e. The lowest BCUT2D eigenvalue weighted by molar-refractivity contribution is 1.47. The minimum absolute atomic E-state index is 1.05. The van der Waals surface area contributed by atoms with Crippen LogP contribution in [0.5, 0.6) is 0 Å². The van der Waals surface area contributed by atoms with E-state index in [0.717, 1.165) is 15.0 Å². The third-order valence-electron chi connectivity index (χ3n) is 2.29. The van der Waals surface area contributed by atoms with Crippen molar-refractivity contribution in [2.75, 3.05) is 0 Å². The van der Waals surface area contributed by atoms with Gasteiger partial charge in [-0.3, -0.25) is 0 Å². The summed E-state index contributed by atoms with van der Waals surface area (Å²) in [5.74, 6) is 0. The van der Waals surface area contributed by atoms with Crippen molar-refractivity contribution in [2.45, 2.75) is 0 Å². The Kier molecular flexibility index (Phi) is 3.09. The van der Waals surface area contributed by atoms with E-state index in [9.17, 15) is 0 Å². The Morgan fingerprint density at radius 3 is 2.82 bits per heavy atom. The molecule has 0 fully saturated rings. The zero-order valence-electron chi connectivity index (χ0n) is 8.76. The standard InChI is InChI=1S/C13H8BrNS2/c14-9-7-10(16-8-9)5-6-13-15-11-3-1-2-4-12(11)17-13/h1-8H. The maximum absolute atomic E-state index is 4.56. The normalized spacial score (nSPS) is 11.6. The number of hydrogen-bond acceptors (Lipinski definition) is 3. The molecule has 3 rings (SSSR count). The monoisotopic (exact) mass is 321 g/mol. The van der Waals surface area contributed by atoms with E-state index in [2.05, 4.69) is 50.6 Å². The molecule has 1 nitrogen and oxygen atoms in total. The SMILES string of the molecule is Brc1csc(C=Cc2nc3ccccc3s2)c1. The Bertz CT molecular complexity index is 648. The van der Waals surface area contributed by atoms with Crippen LogP contribution in [0.1, 0.15) is 9.88 Å². The van der Waals surface area contributed by atoms with Crippen molar-refractivity contribution in [3.05, 3.63) is 50.1 Å². The highest BCUT2D eigenvalue weighted by Crippen LogP contribution is 2.25. The molecule has 0 aliphatic carbocycles. The Hall–Kier alpha value is -0.970. The molecule has 0 unspecified atom stereocenters. The minimum Gasteiger partial charge on any atom is -0.237 e. The number of halogens is 1. The van der Waals surface area contributed by atoms with Crippen LogP contribution in [0, 0.1) is 0 Å². The number of benzene rings is 1. The van der Waals surface area contributed by atoms with Crippen LogP contribution in [-0.2, 0) is 0 Å². The minimum atomic E-state index is 1.05. The Morgan fingerprint density at radius 1 is 1.18 bits per heavy atom. The summed E-state index contributed by atoms with van der Waals surface area (Å²) < 4.78 is 2.37. The van der Waals surface area contributed by atoms with Gasteiger partial charge in [-0.05, 0) is 46.3 Å². The molecule has 0 atom stereocenters. The molecule has 0 N–H and O–H groups in total. The number of thiophene rings is 1. The number of hydrogen-bond donors (Lipinski definition) is 0. The molecule has 0 spiro atoms. The van der Waals surface area contributed by atoms with Crippen LogP contribution in [0.15, 0.2) is 40.2 Å². The number of nitrogens with zero attached hydrogens (tertiary/aromatic N) is 1. The van der Waals surface area contributed by atoms with Crippen molar-refractivity contribution >= 4 is 61.0 Å². The zero-order chi connectivity index (χ0) is 11.7. The van der Waals surface area contributed by atoms with Gasteiger partial charge in [0.15, 0.2) is 0 Å². The van der Waals surface area contributed by atoms with E-state index in [0.29, 0.717) is 0 Å². The fraction of sp³-hybridized carbons (Fsp3) is 0. The highest BCUT2D eigenvalue weighted by Gasteiger charge is 1.99. The molecular formula is C13H8BrNS2. The second-order valence-corrected chi connectivity index (χ2v) is 6.44. The first-order valence-electron chi connectivity index (χ1n) is 5.09. The van der Waals surface area contributed by atoms with Crippen molar-refractivity contribution in [2.24, 2.45) is 0 Å². The van der Waals surface area contributed by atoms with E-state index in [4.69, 9.17) is 0 Å². The highest BCUT2D eigenvalue weighted by atomic mass is 79.9. The lowest BCUT2D eigenvalue weighted by atomic mass is 10.3. The molecular weight excluding hydrogens is 314 g/mol. The van der Waals surface area contributed by atoms with Gasteiger partial charge in [0.25, 0.3) is 0 Å². The molecule has 2 heterocycles. The van der Waals surface area contributed by atoms with Crippen molar-refractivity contribution < 1.29 is 0 Å². The fourth-order valence-corrected chi connectivity index (χ4v) is 3.74. The molecule has 0 aliphatic heterocycles. The first-order chi connectivity index (χ1) is 8.31. The van der Waals surface area contributed by atoms with E-state index < -0.39 is 0 Å². The van der Waals surface area contributed by atoms with Crippen LogP contribution in [0.4, 0.5) is 0 Å². The van der Waals surface area contributed by atoms with Crippen molar-refractivity contribution in [1.29, 1.82) is 0 Å². The smallest absolute Gasteiger partial charge is 0.117 e. The lowest BCUT2D eigenvalue weighted by Gasteiger charge is -1.82. The molecule has 0 saturated carbocycles. The summed E-state index contributed by atoms with van der Waals surface area (Å²) in [7, 11) is 0. The van der Waals surface area contributed by atoms with Crippen molar-refractivity contribution in [3.63, 3.8) is 0 Å². The van der Waals surface area contributed by atoms with E-state index in [1.165, 1.54) is 9.58 Å². The summed E-state index contributed by atoms with van der Waals surface area (Å²) in [5, 5.41) is 3.13. The molecule has 0 radical (unpaired) electrons. The number of thiazole rings is 1. The topological polar surface area (TPSA) is 12.9 Å². The Labute approximate surface area is 116 Å². The molecule has 4 heteroatoms. The van der Waals surface area contributed by atoms with Gasteiger partial charge in [-0.2, -0.15) is 0 Å². The van der Waals surface area contributed by atoms with Crippen molar-refractivity contribution in [3.8, 4) is 0 Å². The predicted molar refractivity (Wildman–Crippen MR) is 80.6 cm³/mol. The second-order valence-electron chi connectivity index (χ2n) is 3.52. The molecule has 0 saturated heterocycles. The van der Waals surface area contributed by atoms with Gasteiger partial charge < -0.3 is 0 Å². The molecule has 3 aromatic rings. The highest BCUT2D eigenvalue weighted by molar-refractivity contribution is 9.10.